The molecule has 0 unspecified atom stereocenters. The Hall–Kier alpha value is -3.32. The normalized spacial score (nSPS) is 10.8. The minimum absolute atomic E-state index is 0.0468. The fourth-order valence-electron chi connectivity index (χ4n) is 3.12. The van der Waals surface area contributed by atoms with Gasteiger partial charge in [0.25, 0.3) is 0 Å². The Morgan fingerprint density at radius 1 is 1.10 bits per heavy atom. The van der Waals surface area contributed by atoms with E-state index < -0.39 is 0 Å². The highest BCUT2D eigenvalue weighted by Crippen LogP contribution is 2.27. The van der Waals surface area contributed by atoms with Gasteiger partial charge in [-0.15, -0.1) is 11.3 Å². The number of hydrogen-bond acceptors (Lipinski definition) is 5. The molecule has 7 heteroatoms. The Labute approximate surface area is 172 Å². The average molecular weight is 407 g/mol. The maximum atomic E-state index is 12.5. The van der Waals surface area contributed by atoms with Crippen molar-refractivity contribution in [3.8, 4) is 22.8 Å². The van der Waals surface area contributed by atoms with E-state index in [1.807, 2.05) is 64.5 Å². The third kappa shape index (κ3) is 4.09. The molecule has 1 amide bonds. The summed E-state index contributed by atoms with van der Waals surface area (Å²) in [6.07, 6.45) is 2.27. The molecule has 29 heavy (non-hydrogen) atoms. The Balaban J connectivity index is 1.43. The molecular weight excluding hydrogens is 386 g/mol. The van der Waals surface area contributed by atoms with E-state index in [-0.39, 0.29) is 12.3 Å². The fraction of sp³-hybridized carbons (Fsp3) is 0.182. The summed E-state index contributed by atoms with van der Waals surface area (Å²) in [7, 11) is 3.19. The van der Waals surface area contributed by atoms with Crippen molar-refractivity contribution in [2.24, 2.45) is 0 Å². The summed E-state index contributed by atoms with van der Waals surface area (Å²) in [5.74, 6) is 1.26. The molecule has 0 aliphatic heterocycles. The van der Waals surface area contributed by atoms with Gasteiger partial charge in [0.15, 0.2) is 16.5 Å². The number of fused-ring (bicyclic) bond motifs is 1. The highest BCUT2D eigenvalue weighted by Gasteiger charge is 2.13. The van der Waals surface area contributed by atoms with Gasteiger partial charge in [0.05, 0.1) is 26.3 Å². The number of benzene rings is 2. The van der Waals surface area contributed by atoms with Gasteiger partial charge in [0.2, 0.25) is 5.91 Å². The summed E-state index contributed by atoms with van der Waals surface area (Å²) >= 11 is 1.54. The predicted molar refractivity (Wildman–Crippen MR) is 114 cm³/mol. The lowest BCUT2D eigenvalue weighted by molar-refractivity contribution is -0.120. The summed E-state index contributed by atoms with van der Waals surface area (Å²) in [5.41, 5.74) is 3.83. The van der Waals surface area contributed by atoms with Crippen LogP contribution in [0.1, 0.15) is 11.3 Å². The Morgan fingerprint density at radius 2 is 1.90 bits per heavy atom. The van der Waals surface area contributed by atoms with Crippen LogP contribution in [-0.2, 0) is 17.8 Å². The molecule has 2 aromatic carbocycles. The van der Waals surface area contributed by atoms with Gasteiger partial charge in [-0.1, -0.05) is 36.4 Å². The monoisotopic (exact) mass is 407 g/mol. The number of nitrogens with one attached hydrogen (secondary N) is 1. The van der Waals surface area contributed by atoms with Crippen molar-refractivity contribution in [3.63, 3.8) is 0 Å². The van der Waals surface area contributed by atoms with Crippen LogP contribution in [-0.4, -0.2) is 29.5 Å². The van der Waals surface area contributed by atoms with Gasteiger partial charge in [-0.25, -0.2) is 4.98 Å². The third-order valence-corrected chi connectivity index (χ3v) is 5.52. The van der Waals surface area contributed by atoms with Crippen molar-refractivity contribution in [2.45, 2.75) is 13.0 Å². The SMILES string of the molecule is COc1ccc(CNC(=O)Cc2csc3nc(-c4ccccc4)cn23)cc1OC. The summed E-state index contributed by atoms with van der Waals surface area (Å²) in [4.78, 5) is 18.0. The molecule has 1 N–H and O–H groups in total. The minimum Gasteiger partial charge on any atom is -0.493 e. The quantitative estimate of drug-likeness (QED) is 0.504. The standard InChI is InChI=1S/C22H21N3O3S/c1-27-19-9-8-15(10-20(19)28-2)12-23-21(26)11-17-14-29-22-24-18(13-25(17)22)16-6-4-3-5-7-16/h3-10,13-14H,11-12H2,1-2H3,(H,23,26). The second-order valence-electron chi connectivity index (χ2n) is 6.51. The van der Waals surface area contributed by atoms with Crippen LogP contribution in [0, 0.1) is 0 Å². The fourth-order valence-corrected chi connectivity index (χ4v) is 4.00. The number of carbonyl (C=O) groups is 1. The summed E-state index contributed by atoms with van der Waals surface area (Å²) in [5, 5.41) is 4.94. The largest absolute Gasteiger partial charge is 0.493 e. The van der Waals surface area contributed by atoms with E-state index in [1.165, 1.54) is 11.3 Å². The number of imidazole rings is 1. The van der Waals surface area contributed by atoms with Crippen LogP contribution in [0.15, 0.2) is 60.1 Å². The molecule has 148 valence electrons. The molecule has 0 atom stereocenters. The molecule has 0 fully saturated rings. The number of nitrogens with zero attached hydrogens (tertiary/aromatic N) is 2. The molecule has 0 bridgehead atoms. The maximum Gasteiger partial charge on any atom is 0.226 e. The van der Waals surface area contributed by atoms with Crippen molar-refractivity contribution in [1.29, 1.82) is 0 Å². The van der Waals surface area contributed by atoms with Gasteiger partial charge in [-0.2, -0.15) is 0 Å². The lowest BCUT2D eigenvalue weighted by Crippen LogP contribution is -2.25. The van der Waals surface area contributed by atoms with E-state index in [4.69, 9.17) is 9.47 Å². The number of rotatable bonds is 7. The van der Waals surface area contributed by atoms with E-state index in [0.29, 0.717) is 18.0 Å². The molecule has 0 spiro atoms. The number of amides is 1. The van der Waals surface area contributed by atoms with Crippen molar-refractivity contribution in [2.75, 3.05) is 14.2 Å². The second kappa shape index (κ2) is 8.36. The molecule has 0 aliphatic rings. The first-order valence-electron chi connectivity index (χ1n) is 9.16. The van der Waals surface area contributed by atoms with Gasteiger partial charge in [0, 0.05) is 29.4 Å². The second-order valence-corrected chi connectivity index (χ2v) is 7.35. The van der Waals surface area contributed by atoms with Crippen LogP contribution in [0.25, 0.3) is 16.2 Å². The van der Waals surface area contributed by atoms with E-state index >= 15 is 0 Å². The topological polar surface area (TPSA) is 64.9 Å². The molecular formula is C22H21N3O3S. The van der Waals surface area contributed by atoms with Gasteiger partial charge < -0.3 is 14.8 Å². The van der Waals surface area contributed by atoms with Crippen LogP contribution < -0.4 is 14.8 Å². The molecule has 0 saturated carbocycles. The molecule has 4 aromatic rings. The molecule has 2 heterocycles. The average Bonchev–Trinajstić information content (AvgIpc) is 3.34. The first-order valence-corrected chi connectivity index (χ1v) is 10.0. The molecule has 2 aromatic heterocycles. The van der Waals surface area contributed by atoms with Crippen LogP contribution in [0.3, 0.4) is 0 Å². The van der Waals surface area contributed by atoms with E-state index in [0.717, 1.165) is 27.5 Å². The van der Waals surface area contributed by atoms with E-state index in [1.54, 1.807) is 14.2 Å². The minimum atomic E-state index is -0.0468. The predicted octanol–water partition coefficient (Wildman–Crippen LogP) is 3.94. The van der Waals surface area contributed by atoms with Crippen molar-refractivity contribution in [1.82, 2.24) is 14.7 Å². The summed E-state index contributed by atoms with van der Waals surface area (Å²) in [6, 6.07) is 15.6. The zero-order chi connectivity index (χ0) is 20.2. The zero-order valence-electron chi connectivity index (χ0n) is 16.2. The van der Waals surface area contributed by atoms with Gasteiger partial charge >= 0.3 is 0 Å². The molecule has 4 rings (SSSR count). The highest BCUT2D eigenvalue weighted by atomic mass is 32.1. The number of carbonyl (C=O) groups excluding carboxylic acids is 1. The third-order valence-electron chi connectivity index (χ3n) is 4.63. The Kier molecular flexibility index (Phi) is 5.48. The van der Waals surface area contributed by atoms with Crippen LogP contribution in [0.2, 0.25) is 0 Å². The number of aromatic nitrogens is 2. The smallest absolute Gasteiger partial charge is 0.226 e. The Morgan fingerprint density at radius 3 is 2.66 bits per heavy atom. The maximum absolute atomic E-state index is 12.5. The first kappa shape index (κ1) is 19.0. The lowest BCUT2D eigenvalue weighted by Gasteiger charge is -2.10. The number of thiazole rings is 1. The highest BCUT2D eigenvalue weighted by molar-refractivity contribution is 7.15. The first-order chi connectivity index (χ1) is 14.2. The van der Waals surface area contributed by atoms with Gasteiger partial charge in [-0.05, 0) is 17.7 Å². The lowest BCUT2D eigenvalue weighted by atomic mass is 10.2. The molecule has 0 radical (unpaired) electrons. The van der Waals surface area contributed by atoms with Crippen molar-refractivity contribution < 1.29 is 14.3 Å². The number of ether oxygens (including phenoxy) is 2. The van der Waals surface area contributed by atoms with Crippen molar-refractivity contribution >= 4 is 22.2 Å². The number of hydrogen-bond donors (Lipinski definition) is 1. The number of methoxy groups -OCH3 is 2. The van der Waals surface area contributed by atoms with Gasteiger partial charge in [-0.3, -0.25) is 9.20 Å². The molecule has 6 nitrogen and oxygen atoms in total. The van der Waals surface area contributed by atoms with Crippen LogP contribution in [0.4, 0.5) is 0 Å². The molecule has 0 saturated heterocycles. The van der Waals surface area contributed by atoms with Crippen LogP contribution >= 0.6 is 11.3 Å². The van der Waals surface area contributed by atoms with Crippen molar-refractivity contribution in [3.05, 3.63) is 71.4 Å². The van der Waals surface area contributed by atoms with E-state index in [9.17, 15) is 4.79 Å². The Bertz CT molecular complexity index is 1130. The van der Waals surface area contributed by atoms with Crippen LogP contribution in [0.5, 0.6) is 11.5 Å². The molecule has 0 aliphatic carbocycles. The zero-order valence-corrected chi connectivity index (χ0v) is 17.0. The summed E-state index contributed by atoms with van der Waals surface area (Å²) < 4.78 is 12.5. The van der Waals surface area contributed by atoms with E-state index in [2.05, 4.69) is 10.3 Å². The summed E-state index contributed by atoms with van der Waals surface area (Å²) in [6.45, 7) is 0.422. The van der Waals surface area contributed by atoms with Gasteiger partial charge in [0.1, 0.15) is 0 Å².